The first-order chi connectivity index (χ1) is 9.27. The Hall–Kier alpha value is -1.89. The Kier molecular flexibility index (Phi) is 3.56. The number of nitro groups is 1. The third-order valence-electron chi connectivity index (χ3n) is 3.61. The number of anilines is 1. The van der Waals surface area contributed by atoms with Gasteiger partial charge >= 0.3 is 5.97 Å². The molecule has 1 atom stereocenters. The molecule has 0 aromatic heterocycles. The minimum Gasteiger partial charge on any atom is -0.480 e. The largest absolute Gasteiger partial charge is 0.480 e. The number of rotatable bonds is 3. The van der Waals surface area contributed by atoms with E-state index < -0.39 is 27.9 Å². The van der Waals surface area contributed by atoms with Gasteiger partial charge < -0.3 is 10.0 Å². The van der Waals surface area contributed by atoms with Gasteiger partial charge in [-0.05, 0) is 19.8 Å². The van der Waals surface area contributed by atoms with Crippen LogP contribution in [-0.4, -0.2) is 28.1 Å². The molecule has 1 aromatic carbocycles. The Morgan fingerprint density at radius 2 is 2.25 bits per heavy atom. The topological polar surface area (TPSA) is 83.7 Å². The highest BCUT2D eigenvalue weighted by molar-refractivity contribution is 6.31. The summed E-state index contributed by atoms with van der Waals surface area (Å²) in [6.07, 6.45) is 0.897. The van der Waals surface area contributed by atoms with E-state index in [0.29, 0.717) is 19.4 Å². The Morgan fingerprint density at radius 1 is 1.60 bits per heavy atom. The zero-order valence-corrected chi connectivity index (χ0v) is 11.4. The van der Waals surface area contributed by atoms with Gasteiger partial charge in [-0.3, -0.25) is 10.1 Å². The molecule has 1 unspecified atom stereocenters. The summed E-state index contributed by atoms with van der Waals surface area (Å²) in [6.45, 7) is 1.78. The van der Waals surface area contributed by atoms with Crippen molar-refractivity contribution >= 4 is 28.9 Å². The molecule has 0 saturated carbocycles. The van der Waals surface area contributed by atoms with E-state index in [1.807, 2.05) is 0 Å². The highest BCUT2D eigenvalue weighted by Crippen LogP contribution is 2.41. The van der Waals surface area contributed by atoms with Crippen molar-refractivity contribution in [3.63, 3.8) is 0 Å². The molecule has 1 fully saturated rings. The molecule has 1 saturated heterocycles. The zero-order chi connectivity index (χ0) is 15.1. The standard InChI is InChI=1S/C12H12ClFN2O4/c1-12(11(17)18)3-2-4-15(12)9-6-8(14)7(13)5-10(9)16(19)20/h5-6H,2-4H2,1H3,(H,17,18). The number of carbonyl (C=O) groups is 1. The van der Waals surface area contributed by atoms with Crippen molar-refractivity contribution in [1.29, 1.82) is 0 Å². The molecule has 8 heteroatoms. The summed E-state index contributed by atoms with van der Waals surface area (Å²) in [5.41, 5.74) is -1.74. The smallest absolute Gasteiger partial charge is 0.329 e. The molecule has 0 spiro atoms. The Morgan fingerprint density at radius 3 is 2.80 bits per heavy atom. The molecule has 0 amide bonds. The lowest BCUT2D eigenvalue weighted by Crippen LogP contribution is -2.48. The number of hydrogen-bond acceptors (Lipinski definition) is 4. The van der Waals surface area contributed by atoms with E-state index in [1.165, 1.54) is 11.8 Å². The molecule has 1 aliphatic heterocycles. The molecule has 1 N–H and O–H groups in total. The maximum absolute atomic E-state index is 13.6. The number of nitro benzene ring substituents is 1. The molecule has 20 heavy (non-hydrogen) atoms. The highest BCUT2D eigenvalue weighted by Gasteiger charge is 2.45. The third-order valence-corrected chi connectivity index (χ3v) is 3.90. The second-order valence-electron chi connectivity index (χ2n) is 4.85. The molecular formula is C12H12ClFN2O4. The van der Waals surface area contributed by atoms with Gasteiger partial charge in [-0.25, -0.2) is 9.18 Å². The van der Waals surface area contributed by atoms with Gasteiger partial charge in [-0.2, -0.15) is 0 Å². The maximum Gasteiger partial charge on any atom is 0.329 e. The van der Waals surface area contributed by atoms with Crippen molar-refractivity contribution in [2.24, 2.45) is 0 Å². The summed E-state index contributed by atoms with van der Waals surface area (Å²) in [4.78, 5) is 23.1. The van der Waals surface area contributed by atoms with Crippen LogP contribution in [0.25, 0.3) is 0 Å². The average Bonchev–Trinajstić information content (AvgIpc) is 2.75. The van der Waals surface area contributed by atoms with Crippen LogP contribution >= 0.6 is 11.6 Å². The van der Waals surface area contributed by atoms with Crippen LogP contribution in [0.3, 0.4) is 0 Å². The Balaban J connectivity index is 2.60. The van der Waals surface area contributed by atoms with Gasteiger partial charge in [-0.15, -0.1) is 0 Å². The highest BCUT2D eigenvalue weighted by atomic mass is 35.5. The van der Waals surface area contributed by atoms with Crippen molar-refractivity contribution in [3.8, 4) is 0 Å². The van der Waals surface area contributed by atoms with Crippen LogP contribution in [0.4, 0.5) is 15.8 Å². The molecule has 1 aromatic rings. The van der Waals surface area contributed by atoms with Crippen molar-refractivity contribution in [2.45, 2.75) is 25.3 Å². The molecule has 0 bridgehead atoms. The number of hydrogen-bond donors (Lipinski definition) is 1. The predicted octanol–water partition coefficient (Wildman–Crippen LogP) is 2.83. The second kappa shape index (κ2) is 4.90. The van der Waals surface area contributed by atoms with E-state index in [0.717, 1.165) is 12.1 Å². The minimum atomic E-state index is -1.29. The van der Waals surface area contributed by atoms with Gasteiger partial charge in [0.15, 0.2) is 0 Å². The molecule has 108 valence electrons. The van der Waals surface area contributed by atoms with Gasteiger partial charge in [0.1, 0.15) is 17.0 Å². The van der Waals surface area contributed by atoms with Gasteiger partial charge in [0.2, 0.25) is 0 Å². The van der Waals surface area contributed by atoms with Crippen molar-refractivity contribution in [3.05, 3.63) is 33.1 Å². The minimum absolute atomic E-state index is 0.0562. The summed E-state index contributed by atoms with van der Waals surface area (Å²) >= 11 is 5.56. The van der Waals surface area contributed by atoms with Crippen LogP contribution in [-0.2, 0) is 4.79 Å². The summed E-state index contributed by atoms with van der Waals surface area (Å²) < 4.78 is 13.6. The van der Waals surface area contributed by atoms with Gasteiger partial charge in [-0.1, -0.05) is 11.6 Å². The predicted molar refractivity (Wildman–Crippen MR) is 70.7 cm³/mol. The van der Waals surface area contributed by atoms with Crippen molar-refractivity contribution < 1.29 is 19.2 Å². The van der Waals surface area contributed by atoms with Gasteiger partial charge in [0.25, 0.3) is 5.69 Å². The van der Waals surface area contributed by atoms with E-state index in [2.05, 4.69) is 0 Å². The molecular weight excluding hydrogens is 291 g/mol. The van der Waals surface area contributed by atoms with Crippen LogP contribution in [0, 0.1) is 15.9 Å². The molecule has 0 aliphatic carbocycles. The van der Waals surface area contributed by atoms with Crippen LogP contribution in [0.5, 0.6) is 0 Å². The van der Waals surface area contributed by atoms with E-state index in [9.17, 15) is 24.4 Å². The van der Waals surface area contributed by atoms with Crippen molar-refractivity contribution in [1.82, 2.24) is 0 Å². The molecule has 6 nitrogen and oxygen atoms in total. The fourth-order valence-corrected chi connectivity index (χ4v) is 2.62. The fourth-order valence-electron chi connectivity index (χ4n) is 2.46. The second-order valence-corrected chi connectivity index (χ2v) is 5.25. The first-order valence-corrected chi connectivity index (χ1v) is 6.29. The number of nitrogens with zero attached hydrogens (tertiary/aromatic N) is 2. The lowest BCUT2D eigenvalue weighted by atomic mass is 9.98. The van der Waals surface area contributed by atoms with Crippen LogP contribution in [0.1, 0.15) is 19.8 Å². The third kappa shape index (κ3) is 2.18. The van der Waals surface area contributed by atoms with E-state index >= 15 is 0 Å². The summed E-state index contributed by atoms with van der Waals surface area (Å²) in [5, 5.41) is 20.0. The number of aliphatic carboxylic acids is 1. The Labute approximate surface area is 118 Å². The van der Waals surface area contributed by atoms with Crippen molar-refractivity contribution in [2.75, 3.05) is 11.4 Å². The van der Waals surface area contributed by atoms with E-state index in [1.54, 1.807) is 0 Å². The molecule has 1 aliphatic rings. The number of carboxylic acids is 1. The van der Waals surface area contributed by atoms with E-state index in [-0.39, 0.29) is 10.7 Å². The summed E-state index contributed by atoms with van der Waals surface area (Å²) in [5.74, 6) is -1.91. The number of benzene rings is 1. The summed E-state index contributed by atoms with van der Waals surface area (Å²) in [7, 11) is 0. The lowest BCUT2D eigenvalue weighted by molar-refractivity contribution is -0.384. The fraction of sp³-hybridized carbons (Fsp3) is 0.417. The normalized spacial score (nSPS) is 22.1. The first-order valence-electron chi connectivity index (χ1n) is 5.92. The number of carboxylic acid groups (broad SMARTS) is 1. The quantitative estimate of drug-likeness (QED) is 0.685. The summed E-state index contributed by atoms with van der Waals surface area (Å²) in [6, 6.07) is 1.83. The Bertz CT molecular complexity index is 595. The van der Waals surface area contributed by atoms with Crippen LogP contribution in [0.15, 0.2) is 12.1 Å². The lowest BCUT2D eigenvalue weighted by Gasteiger charge is -2.32. The number of halogens is 2. The van der Waals surface area contributed by atoms with Crippen LogP contribution in [0.2, 0.25) is 5.02 Å². The van der Waals surface area contributed by atoms with Gasteiger partial charge in [0.05, 0.1) is 9.95 Å². The van der Waals surface area contributed by atoms with Gasteiger partial charge in [0, 0.05) is 18.7 Å². The molecule has 0 radical (unpaired) electrons. The molecule has 2 rings (SSSR count). The van der Waals surface area contributed by atoms with E-state index in [4.69, 9.17) is 11.6 Å². The maximum atomic E-state index is 13.6. The molecule has 1 heterocycles. The SMILES string of the molecule is CC1(C(=O)O)CCCN1c1cc(F)c(Cl)cc1[N+](=O)[O-]. The monoisotopic (exact) mass is 302 g/mol. The zero-order valence-electron chi connectivity index (χ0n) is 10.6. The average molecular weight is 303 g/mol. The van der Waals surface area contributed by atoms with Crippen LogP contribution < -0.4 is 4.90 Å². The first kappa shape index (κ1) is 14.5.